The van der Waals surface area contributed by atoms with E-state index in [0.29, 0.717) is 18.1 Å². The molecule has 1 rings (SSSR count). The maximum Gasteiger partial charge on any atom is 0.183 e. The first-order chi connectivity index (χ1) is 8.10. The summed E-state index contributed by atoms with van der Waals surface area (Å²) in [5.74, 6) is -1.33. The molecule has 6 heteroatoms. The van der Waals surface area contributed by atoms with Gasteiger partial charge in [-0.3, -0.25) is 4.21 Å². The van der Waals surface area contributed by atoms with Crippen molar-refractivity contribution in [3.05, 3.63) is 29.3 Å². The molecule has 0 saturated heterocycles. The molecule has 0 spiro atoms. The van der Waals surface area contributed by atoms with Crippen LogP contribution < -0.4 is 5.32 Å². The van der Waals surface area contributed by atoms with Crippen LogP contribution in [0.3, 0.4) is 0 Å². The second-order valence-electron chi connectivity index (χ2n) is 3.26. The Kier molecular flexibility index (Phi) is 5.04. The van der Waals surface area contributed by atoms with E-state index in [1.54, 1.807) is 13.0 Å². The molecule has 92 valence electrons. The molecule has 0 aliphatic rings. The third-order valence-corrected chi connectivity index (χ3v) is 3.47. The molecule has 1 aromatic rings. The smallest absolute Gasteiger partial charge is 0.183 e. The fraction of sp³-hybridized carbons (Fsp3) is 0.364. The van der Waals surface area contributed by atoms with Crippen LogP contribution in [0.2, 0.25) is 0 Å². The van der Waals surface area contributed by atoms with Crippen molar-refractivity contribution in [1.29, 1.82) is 5.26 Å². The highest BCUT2D eigenvalue weighted by Crippen LogP contribution is 2.19. The zero-order valence-corrected chi connectivity index (χ0v) is 10.1. The quantitative estimate of drug-likeness (QED) is 0.879. The first kappa shape index (κ1) is 13.6. The lowest BCUT2D eigenvalue weighted by Gasteiger charge is -2.07. The van der Waals surface area contributed by atoms with E-state index >= 15 is 0 Å². The Morgan fingerprint density at radius 2 is 2.12 bits per heavy atom. The summed E-state index contributed by atoms with van der Waals surface area (Å²) in [7, 11) is -0.950. The summed E-state index contributed by atoms with van der Waals surface area (Å²) in [6.45, 7) is 2.08. The summed E-state index contributed by atoms with van der Waals surface area (Å²) in [5, 5.41) is 11.2. The van der Waals surface area contributed by atoms with Gasteiger partial charge in [0.05, 0.1) is 11.3 Å². The summed E-state index contributed by atoms with van der Waals surface area (Å²) in [4.78, 5) is 0. The van der Waals surface area contributed by atoms with E-state index in [0.717, 1.165) is 0 Å². The van der Waals surface area contributed by atoms with Gasteiger partial charge in [-0.15, -0.1) is 0 Å². The number of benzene rings is 1. The molecular formula is C11H12F2N2OS. The minimum absolute atomic E-state index is 0.0189. The second kappa shape index (κ2) is 6.30. The van der Waals surface area contributed by atoms with E-state index in [4.69, 9.17) is 5.26 Å². The lowest BCUT2D eigenvalue weighted by Crippen LogP contribution is -2.13. The molecule has 0 heterocycles. The number of nitrogens with zero attached hydrogens (tertiary/aromatic N) is 1. The highest BCUT2D eigenvalue weighted by atomic mass is 32.2. The SMILES string of the molecule is CCS(=O)CCNc1ccc(C#N)c(F)c1F. The van der Waals surface area contributed by atoms with E-state index < -0.39 is 22.4 Å². The van der Waals surface area contributed by atoms with E-state index in [-0.39, 0.29) is 11.3 Å². The van der Waals surface area contributed by atoms with Gasteiger partial charge in [-0.05, 0) is 12.1 Å². The first-order valence-corrected chi connectivity index (χ1v) is 6.55. The maximum atomic E-state index is 13.4. The summed E-state index contributed by atoms with van der Waals surface area (Å²) >= 11 is 0. The molecular weight excluding hydrogens is 246 g/mol. The highest BCUT2D eigenvalue weighted by Gasteiger charge is 2.12. The molecule has 0 fully saturated rings. The standard InChI is InChI=1S/C11H12F2N2OS/c1-2-17(16)6-5-15-9-4-3-8(7-14)10(12)11(9)13/h3-4,15H,2,5-6H2,1H3. The lowest BCUT2D eigenvalue weighted by atomic mass is 10.2. The van der Waals surface area contributed by atoms with Gasteiger partial charge in [0.1, 0.15) is 6.07 Å². The van der Waals surface area contributed by atoms with Crippen LogP contribution in [0.1, 0.15) is 12.5 Å². The molecule has 0 radical (unpaired) electrons. The van der Waals surface area contributed by atoms with Gasteiger partial charge in [0, 0.05) is 28.9 Å². The summed E-state index contributed by atoms with van der Waals surface area (Å²) in [5.41, 5.74) is -0.347. The number of anilines is 1. The summed E-state index contributed by atoms with van der Waals surface area (Å²) in [6.07, 6.45) is 0. The topological polar surface area (TPSA) is 52.9 Å². The zero-order chi connectivity index (χ0) is 12.8. The lowest BCUT2D eigenvalue weighted by molar-refractivity contribution is 0.509. The van der Waals surface area contributed by atoms with Crippen molar-refractivity contribution >= 4 is 16.5 Å². The number of hydrogen-bond acceptors (Lipinski definition) is 3. The zero-order valence-electron chi connectivity index (χ0n) is 9.30. The van der Waals surface area contributed by atoms with Crippen LogP contribution in [0.4, 0.5) is 14.5 Å². The van der Waals surface area contributed by atoms with Crippen LogP contribution in [0.5, 0.6) is 0 Å². The monoisotopic (exact) mass is 258 g/mol. The van der Waals surface area contributed by atoms with Crippen molar-refractivity contribution in [1.82, 2.24) is 0 Å². The van der Waals surface area contributed by atoms with Gasteiger partial charge < -0.3 is 5.32 Å². The predicted molar refractivity (Wildman–Crippen MR) is 63.1 cm³/mol. The number of nitrogens with one attached hydrogen (secondary N) is 1. The Morgan fingerprint density at radius 3 is 2.71 bits per heavy atom. The third-order valence-electron chi connectivity index (χ3n) is 2.17. The predicted octanol–water partition coefficient (Wildman–Crippen LogP) is 2.02. The van der Waals surface area contributed by atoms with Gasteiger partial charge in [0.15, 0.2) is 11.6 Å². The number of nitriles is 1. The number of rotatable bonds is 5. The van der Waals surface area contributed by atoms with Crippen molar-refractivity contribution < 1.29 is 13.0 Å². The van der Waals surface area contributed by atoms with E-state index in [2.05, 4.69) is 5.32 Å². The van der Waals surface area contributed by atoms with Crippen LogP contribution in [0.15, 0.2) is 12.1 Å². The van der Waals surface area contributed by atoms with Crippen molar-refractivity contribution in [3.8, 4) is 6.07 Å². The molecule has 0 amide bonds. The molecule has 0 bridgehead atoms. The van der Waals surface area contributed by atoms with Crippen LogP contribution in [0.25, 0.3) is 0 Å². The van der Waals surface area contributed by atoms with Gasteiger partial charge in [-0.1, -0.05) is 6.92 Å². The number of halogens is 2. The largest absolute Gasteiger partial charge is 0.382 e. The third kappa shape index (κ3) is 3.49. The minimum atomic E-state index is -1.16. The summed E-state index contributed by atoms with van der Waals surface area (Å²) < 4.78 is 37.7. The van der Waals surface area contributed by atoms with Gasteiger partial charge in [0.2, 0.25) is 0 Å². The Balaban J connectivity index is 2.71. The maximum absolute atomic E-state index is 13.4. The number of hydrogen-bond donors (Lipinski definition) is 1. The molecule has 0 aliphatic heterocycles. The molecule has 17 heavy (non-hydrogen) atoms. The van der Waals surface area contributed by atoms with Crippen molar-refractivity contribution in [3.63, 3.8) is 0 Å². The molecule has 0 aromatic heterocycles. The van der Waals surface area contributed by atoms with Gasteiger partial charge in [-0.25, -0.2) is 8.78 Å². The molecule has 1 atom stereocenters. The molecule has 0 aliphatic carbocycles. The Bertz CT molecular complexity index is 471. The van der Waals surface area contributed by atoms with Crippen molar-refractivity contribution in [2.45, 2.75) is 6.92 Å². The van der Waals surface area contributed by atoms with Crippen LogP contribution in [0, 0.1) is 23.0 Å². The average molecular weight is 258 g/mol. The van der Waals surface area contributed by atoms with E-state index in [9.17, 15) is 13.0 Å². The van der Waals surface area contributed by atoms with E-state index in [1.165, 1.54) is 12.1 Å². The molecule has 1 aromatic carbocycles. The second-order valence-corrected chi connectivity index (χ2v) is 5.13. The van der Waals surface area contributed by atoms with E-state index in [1.807, 2.05) is 0 Å². The Labute approximate surface area is 101 Å². The van der Waals surface area contributed by atoms with Crippen LogP contribution in [-0.2, 0) is 10.8 Å². The van der Waals surface area contributed by atoms with Gasteiger partial charge in [-0.2, -0.15) is 5.26 Å². The minimum Gasteiger partial charge on any atom is -0.382 e. The average Bonchev–Trinajstić information content (AvgIpc) is 2.34. The fourth-order valence-electron chi connectivity index (χ4n) is 1.22. The van der Waals surface area contributed by atoms with Crippen LogP contribution in [-0.4, -0.2) is 22.3 Å². The Hall–Kier alpha value is -1.48. The molecule has 1 unspecified atom stereocenters. The van der Waals surface area contributed by atoms with Crippen LogP contribution >= 0.6 is 0 Å². The fourth-order valence-corrected chi connectivity index (χ4v) is 1.83. The Morgan fingerprint density at radius 1 is 1.41 bits per heavy atom. The molecule has 1 N–H and O–H groups in total. The van der Waals surface area contributed by atoms with Crippen molar-refractivity contribution in [2.75, 3.05) is 23.4 Å². The van der Waals surface area contributed by atoms with Gasteiger partial charge >= 0.3 is 0 Å². The first-order valence-electron chi connectivity index (χ1n) is 5.07. The normalized spacial score (nSPS) is 11.9. The molecule has 0 saturated carbocycles. The summed E-state index contributed by atoms with van der Waals surface area (Å²) in [6, 6.07) is 4.06. The molecule has 3 nitrogen and oxygen atoms in total. The van der Waals surface area contributed by atoms with Crippen molar-refractivity contribution in [2.24, 2.45) is 0 Å². The highest BCUT2D eigenvalue weighted by molar-refractivity contribution is 7.84. The van der Waals surface area contributed by atoms with Gasteiger partial charge in [0.25, 0.3) is 0 Å².